The number of hydrogen-bond acceptors (Lipinski definition) is 2. The molecule has 0 radical (unpaired) electrons. The van der Waals surface area contributed by atoms with Crippen molar-refractivity contribution < 1.29 is 9.13 Å². The zero-order valence-corrected chi connectivity index (χ0v) is 12.2. The molecule has 0 fully saturated rings. The predicted octanol–water partition coefficient (Wildman–Crippen LogP) is 4.00. The molecule has 0 saturated carbocycles. The average molecular weight is 285 g/mol. The molecule has 2 aromatic carbocycles. The molecule has 0 heterocycles. The Labute approximate surface area is 125 Å². The van der Waals surface area contributed by atoms with Gasteiger partial charge in [-0.3, -0.25) is 0 Å². The molecule has 21 heavy (non-hydrogen) atoms. The van der Waals surface area contributed by atoms with E-state index >= 15 is 0 Å². The molecule has 3 heteroatoms. The number of benzene rings is 2. The molecule has 0 amide bonds. The van der Waals surface area contributed by atoms with E-state index < -0.39 is 0 Å². The Morgan fingerprint density at radius 1 is 1.24 bits per heavy atom. The van der Waals surface area contributed by atoms with E-state index in [-0.39, 0.29) is 5.82 Å². The SMILES string of the molecule is COc1ccc2c(c1)CCCC2NCc1cccc(F)c1. The van der Waals surface area contributed by atoms with E-state index in [2.05, 4.69) is 17.4 Å². The summed E-state index contributed by atoms with van der Waals surface area (Å²) in [5, 5.41) is 3.55. The number of hydrogen-bond donors (Lipinski definition) is 1. The Kier molecular flexibility index (Phi) is 4.20. The van der Waals surface area contributed by atoms with E-state index in [1.54, 1.807) is 19.2 Å². The van der Waals surface area contributed by atoms with Crippen LogP contribution >= 0.6 is 0 Å². The van der Waals surface area contributed by atoms with Crippen molar-refractivity contribution in [3.05, 3.63) is 65.0 Å². The smallest absolute Gasteiger partial charge is 0.123 e. The van der Waals surface area contributed by atoms with Crippen LogP contribution in [0, 0.1) is 5.82 Å². The fourth-order valence-electron chi connectivity index (χ4n) is 3.02. The normalized spacial score (nSPS) is 17.3. The monoisotopic (exact) mass is 285 g/mol. The first kappa shape index (κ1) is 14.1. The van der Waals surface area contributed by atoms with Gasteiger partial charge in [0.2, 0.25) is 0 Å². The van der Waals surface area contributed by atoms with Gasteiger partial charge in [-0.15, -0.1) is 0 Å². The molecule has 2 nitrogen and oxygen atoms in total. The summed E-state index contributed by atoms with van der Waals surface area (Å²) >= 11 is 0. The minimum atomic E-state index is -0.178. The molecule has 0 aromatic heterocycles. The van der Waals surface area contributed by atoms with Crippen LogP contribution in [0.4, 0.5) is 4.39 Å². The molecule has 0 bridgehead atoms. The second-order valence-corrected chi connectivity index (χ2v) is 5.52. The van der Waals surface area contributed by atoms with Crippen LogP contribution in [0.25, 0.3) is 0 Å². The van der Waals surface area contributed by atoms with Crippen LogP contribution in [0.3, 0.4) is 0 Å². The summed E-state index contributed by atoms with van der Waals surface area (Å²) < 4.78 is 18.5. The lowest BCUT2D eigenvalue weighted by molar-refractivity contribution is 0.410. The third-order valence-corrected chi connectivity index (χ3v) is 4.11. The first-order valence-electron chi connectivity index (χ1n) is 7.41. The van der Waals surface area contributed by atoms with Crippen LogP contribution in [0.1, 0.15) is 35.6 Å². The van der Waals surface area contributed by atoms with Gasteiger partial charge in [0.15, 0.2) is 0 Å². The van der Waals surface area contributed by atoms with Crippen LogP contribution in [-0.4, -0.2) is 7.11 Å². The highest BCUT2D eigenvalue weighted by atomic mass is 19.1. The van der Waals surface area contributed by atoms with Gasteiger partial charge in [-0.25, -0.2) is 4.39 Å². The Balaban J connectivity index is 1.73. The van der Waals surface area contributed by atoms with E-state index in [0.717, 1.165) is 24.2 Å². The summed E-state index contributed by atoms with van der Waals surface area (Å²) in [7, 11) is 1.70. The van der Waals surface area contributed by atoms with Gasteiger partial charge in [0.05, 0.1) is 7.11 Å². The lowest BCUT2D eigenvalue weighted by Gasteiger charge is -2.27. The van der Waals surface area contributed by atoms with E-state index in [1.165, 1.54) is 23.6 Å². The molecular weight excluding hydrogens is 265 g/mol. The lowest BCUT2D eigenvalue weighted by Crippen LogP contribution is -2.24. The van der Waals surface area contributed by atoms with Crippen LogP contribution in [0.15, 0.2) is 42.5 Å². The van der Waals surface area contributed by atoms with Crippen LogP contribution in [-0.2, 0) is 13.0 Å². The summed E-state index contributed by atoms with van der Waals surface area (Å²) in [6, 6.07) is 13.4. The zero-order valence-electron chi connectivity index (χ0n) is 12.2. The number of methoxy groups -OCH3 is 1. The molecule has 0 aliphatic heterocycles. The third kappa shape index (κ3) is 3.24. The topological polar surface area (TPSA) is 21.3 Å². The van der Waals surface area contributed by atoms with E-state index in [4.69, 9.17) is 4.74 Å². The van der Waals surface area contributed by atoms with Crippen molar-refractivity contribution in [2.45, 2.75) is 31.8 Å². The van der Waals surface area contributed by atoms with E-state index in [1.807, 2.05) is 12.1 Å². The quantitative estimate of drug-likeness (QED) is 0.916. The summed E-state index contributed by atoms with van der Waals surface area (Å²) in [6.07, 6.45) is 3.39. The highest BCUT2D eigenvalue weighted by Gasteiger charge is 2.20. The largest absolute Gasteiger partial charge is 0.497 e. The van der Waals surface area contributed by atoms with Gasteiger partial charge >= 0.3 is 0 Å². The predicted molar refractivity (Wildman–Crippen MR) is 81.9 cm³/mol. The van der Waals surface area contributed by atoms with Crippen LogP contribution in [0.5, 0.6) is 5.75 Å². The van der Waals surface area contributed by atoms with E-state index in [0.29, 0.717) is 12.6 Å². The molecule has 3 rings (SSSR count). The number of halogens is 1. The van der Waals surface area contributed by atoms with Gasteiger partial charge in [-0.2, -0.15) is 0 Å². The fraction of sp³-hybridized carbons (Fsp3) is 0.333. The Bertz CT molecular complexity index is 626. The zero-order chi connectivity index (χ0) is 14.7. The van der Waals surface area contributed by atoms with Gasteiger partial charge in [0, 0.05) is 12.6 Å². The summed E-state index contributed by atoms with van der Waals surface area (Å²) in [5.74, 6) is 0.739. The number of nitrogens with one attached hydrogen (secondary N) is 1. The summed E-state index contributed by atoms with van der Waals surface area (Å²) in [6.45, 7) is 0.688. The number of ether oxygens (including phenoxy) is 1. The van der Waals surface area contributed by atoms with E-state index in [9.17, 15) is 4.39 Å². The maximum atomic E-state index is 13.2. The molecular formula is C18H20FNO. The highest BCUT2D eigenvalue weighted by molar-refractivity contribution is 5.39. The minimum absolute atomic E-state index is 0.178. The van der Waals surface area contributed by atoms with Crippen molar-refractivity contribution in [3.8, 4) is 5.75 Å². The van der Waals surface area contributed by atoms with Crippen molar-refractivity contribution in [1.29, 1.82) is 0 Å². The second-order valence-electron chi connectivity index (χ2n) is 5.52. The second kappa shape index (κ2) is 6.27. The molecule has 1 atom stereocenters. The maximum absolute atomic E-state index is 13.2. The van der Waals surface area contributed by atoms with Gasteiger partial charge in [-0.05, 0) is 60.2 Å². The van der Waals surface area contributed by atoms with Crippen molar-refractivity contribution in [2.24, 2.45) is 0 Å². The van der Waals surface area contributed by atoms with Gasteiger partial charge in [0.1, 0.15) is 11.6 Å². The molecule has 1 aliphatic carbocycles. The highest BCUT2D eigenvalue weighted by Crippen LogP contribution is 2.32. The van der Waals surface area contributed by atoms with Gasteiger partial charge in [-0.1, -0.05) is 18.2 Å². The van der Waals surface area contributed by atoms with Crippen molar-refractivity contribution in [3.63, 3.8) is 0 Å². The molecule has 0 saturated heterocycles. The van der Waals surface area contributed by atoms with Gasteiger partial charge in [0.25, 0.3) is 0 Å². The maximum Gasteiger partial charge on any atom is 0.123 e. The average Bonchev–Trinajstić information content (AvgIpc) is 2.52. The van der Waals surface area contributed by atoms with Gasteiger partial charge < -0.3 is 10.1 Å². The van der Waals surface area contributed by atoms with Crippen molar-refractivity contribution in [2.75, 3.05) is 7.11 Å². The molecule has 1 aliphatic rings. The Morgan fingerprint density at radius 2 is 2.14 bits per heavy atom. The standard InChI is InChI=1S/C18H20FNO/c1-21-16-8-9-17-14(11-16)5-3-7-18(17)20-12-13-4-2-6-15(19)10-13/h2,4,6,8-11,18,20H,3,5,7,12H2,1H3. The number of fused-ring (bicyclic) bond motifs is 1. The fourth-order valence-corrected chi connectivity index (χ4v) is 3.02. The van der Waals surface area contributed by atoms with Crippen LogP contribution in [0.2, 0.25) is 0 Å². The number of aryl methyl sites for hydroxylation is 1. The first-order valence-corrected chi connectivity index (χ1v) is 7.41. The molecule has 1 N–H and O–H groups in total. The Hall–Kier alpha value is -1.87. The molecule has 2 aromatic rings. The summed E-state index contributed by atoms with van der Waals surface area (Å²) in [5.41, 5.74) is 3.69. The molecule has 110 valence electrons. The summed E-state index contributed by atoms with van der Waals surface area (Å²) in [4.78, 5) is 0. The first-order chi connectivity index (χ1) is 10.3. The van der Waals surface area contributed by atoms with Crippen molar-refractivity contribution in [1.82, 2.24) is 5.32 Å². The van der Waals surface area contributed by atoms with Crippen LogP contribution < -0.4 is 10.1 Å². The lowest BCUT2D eigenvalue weighted by atomic mass is 9.87. The number of rotatable bonds is 4. The minimum Gasteiger partial charge on any atom is -0.497 e. The third-order valence-electron chi connectivity index (χ3n) is 4.11. The van der Waals surface area contributed by atoms with Crippen molar-refractivity contribution >= 4 is 0 Å². The molecule has 1 unspecified atom stereocenters. The molecule has 0 spiro atoms. The Morgan fingerprint density at radius 3 is 2.95 bits per heavy atom.